The van der Waals surface area contributed by atoms with Crippen LogP contribution in [-0.2, 0) is 5.41 Å². The Hall–Kier alpha value is -6.12. The summed E-state index contributed by atoms with van der Waals surface area (Å²) < 4.78 is 4.85. The summed E-state index contributed by atoms with van der Waals surface area (Å²) in [6, 6.07) is 62.6. The molecule has 0 saturated carbocycles. The van der Waals surface area contributed by atoms with Gasteiger partial charge in [0.25, 0.3) is 0 Å². The Balaban J connectivity index is 1.23. The fourth-order valence-electron chi connectivity index (χ4n) is 7.50. The van der Waals surface area contributed by atoms with Crippen molar-refractivity contribution in [1.82, 2.24) is 9.13 Å². The van der Waals surface area contributed by atoms with Gasteiger partial charge in [0.1, 0.15) is 0 Å². The normalized spacial score (nSPS) is 11.9. The monoisotopic (exact) mass is 656 g/mol. The molecule has 2 nitrogen and oxygen atoms in total. The van der Waals surface area contributed by atoms with Crippen molar-refractivity contribution >= 4 is 32.6 Å². The zero-order valence-electron chi connectivity index (χ0n) is 29.6. The van der Waals surface area contributed by atoms with Crippen molar-refractivity contribution in [2.75, 3.05) is 0 Å². The van der Waals surface area contributed by atoms with E-state index in [0.29, 0.717) is 0 Å². The Bertz CT molecular complexity index is 2700. The largest absolute Gasteiger partial charge is 0.309 e. The van der Waals surface area contributed by atoms with Gasteiger partial charge >= 0.3 is 0 Å². The summed E-state index contributed by atoms with van der Waals surface area (Å²) >= 11 is 0. The van der Waals surface area contributed by atoms with Crippen molar-refractivity contribution < 1.29 is 0 Å². The molecule has 0 atom stereocenters. The molecule has 0 spiro atoms. The van der Waals surface area contributed by atoms with Gasteiger partial charge in [-0.3, -0.25) is 0 Å². The van der Waals surface area contributed by atoms with E-state index in [-0.39, 0.29) is 5.41 Å². The van der Waals surface area contributed by atoms with E-state index < -0.39 is 0 Å². The number of aryl methyl sites for hydroxylation is 1. The molecule has 0 fully saturated rings. The van der Waals surface area contributed by atoms with Gasteiger partial charge in [0, 0.05) is 22.1 Å². The summed E-state index contributed by atoms with van der Waals surface area (Å²) in [5.74, 6) is 0. The highest BCUT2D eigenvalue weighted by Crippen LogP contribution is 2.38. The molecule has 2 heteroatoms. The second-order valence-electron chi connectivity index (χ2n) is 14.8. The SMILES string of the molecule is Cc1ccc(-n2c(-c3ccc4ccccc4c3)cc3ccc(-c4ccc5cc(-c6ccccc6)n(-c6ccc(C(C)(C)C)cc6)c5c4)cc32)cc1. The molecule has 9 aromatic rings. The molecule has 0 unspecified atom stereocenters. The second-order valence-corrected chi connectivity index (χ2v) is 14.8. The lowest BCUT2D eigenvalue weighted by Gasteiger charge is -2.20. The number of hydrogen-bond donors (Lipinski definition) is 0. The number of hydrogen-bond acceptors (Lipinski definition) is 0. The van der Waals surface area contributed by atoms with Crippen molar-refractivity contribution in [2.45, 2.75) is 33.1 Å². The maximum atomic E-state index is 2.42. The van der Waals surface area contributed by atoms with Gasteiger partial charge in [-0.05, 0) is 106 Å². The second kappa shape index (κ2) is 12.0. The molecular weight excluding hydrogens is 617 g/mol. The topological polar surface area (TPSA) is 9.86 Å². The fourth-order valence-corrected chi connectivity index (χ4v) is 7.50. The lowest BCUT2D eigenvalue weighted by atomic mass is 9.87. The predicted molar refractivity (Wildman–Crippen MR) is 217 cm³/mol. The average molecular weight is 657 g/mol. The van der Waals surface area contributed by atoms with Crippen molar-refractivity contribution in [3.63, 3.8) is 0 Å². The highest BCUT2D eigenvalue weighted by atomic mass is 15.0. The van der Waals surface area contributed by atoms with Gasteiger partial charge in [0.2, 0.25) is 0 Å². The first kappa shape index (κ1) is 30.9. The molecule has 9 rings (SSSR count). The van der Waals surface area contributed by atoms with Gasteiger partial charge in [0.05, 0.1) is 22.4 Å². The van der Waals surface area contributed by atoms with Crippen molar-refractivity contribution in [2.24, 2.45) is 0 Å². The Morgan fingerprint density at radius 2 is 0.863 bits per heavy atom. The molecule has 7 aromatic carbocycles. The van der Waals surface area contributed by atoms with Crippen LogP contribution in [0, 0.1) is 6.92 Å². The molecular formula is C49H40N2. The minimum absolute atomic E-state index is 0.0930. The van der Waals surface area contributed by atoms with Crippen LogP contribution in [0.1, 0.15) is 31.9 Å². The minimum atomic E-state index is 0.0930. The summed E-state index contributed by atoms with van der Waals surface area (Å²) in [5.41, 5.74) is 14.6. The van der Waals surface area contributed by atoms with E-state index in [0.717, 1.165) is 11.4 Å². The van der Waals surface area contributed by atoms with Crippen LogP contribution in [0.2, 0.25) is 0 Å². The molecule has 246 valence electrons. The molecule has 0 aliphatic heterocycles. The molecule has 0 bridgehead atoms. The number of aromatic nitrogens is 2. The zero-order valence-corrected chi connectivity index (χ0v) is 29.6. The van der Waals surface area contributed by atoms with Gasteiger partial charge < -0.3 is 9.13 Å². The van der Waals surface area contributed by atoms with Gasteiger partial charge in [-0.25, -0.2) is 0 Å². The molecule has 0 amide bonds. The first-order valence-electron chi connectivity index (χ1n) is 17.8. The summed E-state index contributed by atoms with van der Waals surface area (Å²) in [6.45, 7) is 8.96. The van der Waals surface area contributed by atoms with Crippen molar-refractivity contribution in [3.05, 3.63) is 181 Å². The summed E-state index contributed by atoms with van der Waals surface area (Å²) in [7, 11) is 0. The van der Waals surface area contributed by atoms with Crippen molar-refractivity contribution in [3.8, 4) is 45.0 Å². The molecule has 51 heavy (non-hydrogen) atoms. The fraction of sp³-hybridized carbons (Fsp3) is 0.102. The lowest BCUT2D eigenvalue weighted by molar-refractivity contribution is 0.590. The Morgan fingerprint density at radius 3 is 1.45 bits per heavy atom. The maximum absolute atomic E-state index is 2.42. The average Bonchev–Trinajstić information content (AvgIpc) is 3.73. The predicted octanol–water partition coefficient (Wildman–Crippen LogP) is 13.3. The van der Waals surface area contributed by atoms with Crippen LogP contribution < -0.4 is 0 Å². The van der Waals surface area contributed by atoms with Crippen LogP contribution in [0.15, 0.2) is 170 Å². The molecule has 0 radical (unpaired) electrons. The van der Waals surface area contributed by atoms with E-state index in [1.807, 2.05) is 0 Å². The van der Waals surface area contributed by atoms with E-state index in [1.165, 1.54) is 77.3 Å². The van der Waals surface area contributed by atoms with Gasteiger partial charge in [-0.1, -0.05) is 142 Å². The van der Waals surface area contributed by atoms with Gasteiger partial charge in [0.15, 0.2) is 0 Å². The number of nitrogens with zero attached hydrogens (tertiary/aromatic N) is 2. The van der Waals surface area contributed by atoms with Crippen molar-refractivity contribution in [1.29, 1.82) is 0 Å². The molecule has 0 N–H and O–H groups in total. The number of rotatable bonds is 5. The van der Waals surface area contributed by atoms with Gasteiger partial charge in [-0.15, -0.1) is 0 Å². The molecule has 2 heterocycles. The number of fused-ring (bicyclic) bond motifs is 3. The third-order valence-corrected chi connectivity index (χ3v) is 10.3. The van der Waals surface area contributed by atoms with Crippen LogP contribution in [0.25, 0.3) is 77.6 Å². The van der Waals surface area contributed by atoms with E-state index in [2.05, 4.69) is 207 Å². The van der Waals surface area contributed by atoms with E-state index in [9.17, 15) is 0 Å². The quantitative estimate of drug-likeness (QED) is 0.174. The highest BCUT2D eigenvalue weighted by Gasteiger charge is 2.18. The smallest absolute Gasteiger partial charge is 0.0541 e. The Labute approximate surface area is 299 Å². The molecule has 2 aromatic heterocycles. The van der Waals surface area contributed by atoms with E-state index >= 15 is 0 Å². The Morgan fingerprint density at radius 1 is 0.373 bits per heavy atom. The zero-order chi connectivity index (χ0) is 34.7. The molecule has 0 aliphatic carbocycles. The summed E-state index contributed by atoms with van der Waals surface area (Å²) in [6.07, 6.45) is 0. The highest BCUT2D eigenvalue weighted by molar-refractivity contribution is 5.97. The van der Waals surface area contributed by atoms with E-state index in [1.54, 1.807) is 0 Å². The third-order valence-electron chi connectivity index (χ3n) is 10.3. The number of benzene rings is 7. The van der Waals surface area contributed by atoms with Crippen LogP contribution in [0.3, 0.4) is 0 Å². The van der Waals surface area contributed by atoms with E-state index in [4.69, 9.17) is 0 Å². The maximum Gasteiger partial charge on any atom is 0.0541 e. The van der Waals surface area contributed by atoms with Crippen LogP contribution in [0.4, 0.5) is 0 Å². The van der Waals surface area contributed by atoms with Crippen LogP contribution >= 0.6 is 0 Å². The standard InChI is InChI=1S/C49H40N2/c1-33-14-24-43(25-15-33)51-47-30-38(18-21-41(47)32-48(51)39-19-16-34-10-8-9-13-36(34)28-39)37-17-20-40-31-45(35-11-6-5-7-12-35)50(46(40)29-37)44-26-22-42(23-27-44)49(2,3)4/h5-32H,1-4H3. The first-order valence-corrected chi connectivity index (χ1v) is 17.8. The third kappa shape index (κ3) is 5.54. The summed E-state index contributed by atoms with van der Waals surface area (Å²) in [5, 5.41) is 4.94. The van der Waals surface area contributed by atoms with Crippen LogP contribution in [0.5, 0.6) is 0 Å². The van der Waals surface area contributed by atoms with Gasteiger partial charge in [-0.2, -0.15) is 0 Å². The molecule has 0 saturated heterocycles. The Kier molecular flexibility index (Phi) is 7.29. The lowest BCUT2D eigenvalue weighted by Crippen LogP contribution is -2.10. The summed E-state index contributed by atoms with van der Waals surface area (Å²) in [4.78, 5) is 0. The minimum Gasteiger partial charge on any atom is -0.309 e. The van der Waals surface area contributed by atoms with Crippen LogP contribution in [-0.4, -0.2) is 9.13 Å². The first-order chi connectivity index (χ1) is 24.8. The molecule has 0 aliphatic rings.